The molecule has 0 bridgehead atoms. The van der Waals surface area contributed by atoms with E-state index in [1.54, 1.807) is 14.2 Å². The lowest BCUT2D eigenvalue weighted by molar-refractivity contribution is 0.215. The lowest BCUT2D eigenvalue weighted by Gasteiger charge is -2.32. The molecule has 1 aliphatic heterocycles. The number of hydrogen-bond donors (Lipinski definition) is 0. The topological polar surface area (TPSA) is 39.5 Å². The number of fused-ring (bicyclic) bond motifs is 1. The van der Waals surface area contributed by atoms with Crippen LogP contribution in [0, 0.1) is 0 Å². The molecule has 2 aromatic heterocycles. The van der Waals surface area contributed by atoms with Crippen LogP contribution in [0.25, 0.3) is 0 Å². The highest BCUT2D eigenvalue weighted by Gasteiger charge is 2.30. The molecule has 3 aromatic rings. The molecule has 0 saturated heterocycles. The second-order valence-electron chi connectivity index (χ2n) is 6.79. The van der Waals surface area contributed by atoms with Gasteiger partial charge in [-0.05, 0) is 42.3 Å². The van der Waals surface area contributed by atoms with Crippen molar-refractivity contribution >= 4 is 0 Å². The van der Waals surface area contributed by atoms with Gasteiger partial charge in [0.15, 0.2) is 11.5 Å². The lowest BCUT2D eigenvalue weighted by Crippen LogP contribution is -2.29. The summed E-state index contributed by atoms with van der Waals surface area (Å²) in [4.78, 5) is 6.67. The van der Waals surface area contributed by atoms with Gasteiger partial charge in [0.1, 0.15) is 0 Å². The van der Waals surface area contributed by atoms with Crippen LogP contribution in [-0.4, -0.2) is 35.2 Å². The third kappa shape index (κ3) is 3.43. The summed E-state index contributed by atoms with van der Waals surface area (Å²) in [7, 11) is 3.40. The molecule has 140 valence electrons. The largest absolute Gasteiger partial charge is 0.493 e. The van der Waals surface area contributed by atoms with Crippen LogP contribution in [0.3, 0.4) is 0 Å². The summed E-state index contributed by atoms with van der Waals surface area (Å²) in [6, 6.07) is 14.8. The second-order valence-corrected chi connectivity index (χ2v) is 6.79. The Morgan fingerprint density at radius 3 is 2.63 bits per heavy atom. The van der Waals surface area contributed by atoms with Crippen molar-refractivity contribution in [1.82, 2.24) is 14.5 Å². The van der Waals surface area contributed by atoms with Crippen molar-refractivity contribution in [3.8, 4) is 11.5 Å². The van der Waals surface area contributed by atoms with E-state index >= 15 is 0 Å². The van der Waals surface area contributed by atoms with Gasteiger partial charge in [0.2, 0.25) is 0 Å². The van der Waals surface area contributed by atoms with Gasteiger partial charge in [-0.1, -0.05) is 12.1 Å². The van der Waals surface area contributed by atoms with E-state index in [1.807, 2.05) is 24.5 Å². The quantitative estimate of drug-likeness (QED) is 0.689. The van der Waals surface area contributed by atoms with Crippen molar-refractivity contribution in [2.24, 2.45) is 0 Å². The Hall–Kier alpha value is -2.79. The van der Waals surface area contributed by atoms with Crippen LogP contribution >= 0.6 is 0 Å². The van der Waals surface area contributed by atoms with Crippen LogP contribution in [0.5, 0.6) is 11.5 Å². The fraction of sp³-hybridized carbons (Fsp3) is 0.318. The highest BCUT2D eigenvalue weighted by atomic mass is 16.5. The van der Waals surface area contributed by atoms with E-state index < -0.39 is 0 Å². The Balaban J connectivity index is 1.82. The fourth-order valence-electron chi connectivity index (χ4n) is 4.02. The van der Waals surface area contributed by atoms with E-state index in [1.165, 1.54) is 11.3 Å². The molecule has 5 nitrogen and oxygen atoms in total. The van der Waals surface area contributed by atoms with Crippen LogP contribution in [0.2, 0.25) is 0 Å². The highest BCUT2D eigenvalue weighted by Crippen LogP contribution is 2.41. The molecule has 1 atom stereocenters. The minimum absolute atomic E-state index is 0.0979. The van der Waals surface area contributed by atoms with Gasteiger partial charge in [0.25, 0.3) is 0 Å². The minimum atomic E-state index is 0.0979. The average Bonchev–Trinajstić information content (AvgIpc) is 3.10. The van der Waals surface area contributed by atoms with E-state index in [4.69, 9.17) is 9.47 Å². The molecule has 27 heavy (non-hydrogen) atoms. The summed E-state index contributed by atoms with van der Waals surface area (Å²) >= 11 is 0. The standard InChI is InChI=1S/C22H25N3O2/c1-26-20-8-3-6-18(22(20)27-2)21-19-7-4-13-24(19)14-5-15-25(21)16-17-9-11-23-12-10-17/h3-4,6-13,21H,5,14-16H2,1-2H3. The number of rotatable bonds is 5. The van der Waals surface area contributed by atoms with E-state index in [2.05, 4.69) is 51.0 Å². The molecular formula is C22H25N3O2. The second kappa shape index (κ2) is 7.84. The number of benzene rings is 1. The highest BCUT2D eigenvalue weighted by molar-refractivity contribution is 5.50. The summed E-state index contributed by atoms with van der Waals surface area (Å²) in [5, 5.41) is 0. The molecule has 0 spiro atoms. The Labute approximate surface area is 160 Å². The van der Waals surface area contributed by atoms with Gasteiger partial charge in [-0.15, -0.1) is 0 Å². The predicted octanol–water partition coefficient (Wildman–Crippen LogP) is 3.90. The van der Waals surface area contributed by atoms with Crippen LogP contribution < -0.4 is 9.47 Å². The van der Waals surface area contributed by atoms with Crippen molar-refractivity contribution in [2.75, 3.05) is 20.8 Å². The smallest absolute Gasteiger partial charge is 0.165 e. The Morgan fingerprint density at radius 1 is 1.00 bits per heavy atom. The molecule has 5 heteroatoms. The summed E-state index contributed by atoms with van der Waals surface area (Å²) in [5.74, 6) is 1.57. The molecular weight excluding hydrogens is 338 g/mol. The number of nitrogens with zero attached hydrogens (tertiary/aromatic N) is 3. The summed E-state index contributed by atoms with van der Waals surface area (Å²) in [5.41, 5.74) is 3.68. The van der Waals surface area contributed by atoms with Crippen LogP contribution in [0.15, 0.2) is 61.1 Å². The van der Waals surface area contributed by atoms with E-state index in [-0.39, 0.29) is 6.04 Å². The van der Waals surface area contributed by atoms with Crippen molar-refractivity contribution in [2.45, 2.75) is 25.6 Å². The Bertz CT molecular complexity index is 892. The van der Waals surface area contributed by atoms with E-state index in [9.17, 15) is 0 Å². The molecule has 0 radical (unpaired) electrons. The number of hydrogen-bond acceptors (Lipinski definition) is 4. The predicted molar refractivity (Wildman–Crippen MR) is 105 cm³/mol. The van der Waals surface area contributed by atoms with Crippen molar-refractivity contribution < 1.29 is 9.47 Å². The minimum Gasteiger partial charge on any atom is -0.493 e. The maximum Gasteiger partial charge on any atom is 0.165 e. The molecule has 0 N–H and O–H groups in total. The zero-order chi connectivity index (χ0) is 18.6. The van der Waals surface area contributed by atoms with Gasteiger partial charge in [-0.3, -0.25) is 9.88 Å². The summed E-state index contributed by atoms with van der Waals surface area (Å²) in [6.45, 7) is 2.89. The molecule has 0 aliphatic carbocycles. The summed E-state index contributed by atoms with van der Waals surface area (Å²) in [6.07, 6.45) is 6.99. The van der Waals surface area contributed by atoms with Crippen LogP contribution in [0.1, 0.15) is 29.3 Å². The maximum atomic E-state index is 5.78. The monoisotopic (exact) mass is 363 g/mol. The first-order chi connectivity index (χ1) is 13.3. The van der Waals surface area contributed by atoms with Gasteiger partial charge >= 0.3 is 0 Å². The van der Waals surface area contributed by atoms with Crippen LogP contribution in [0.4, 0.5) is 0 Å². The molecule has 0 saturated carbocycles. The maximum absolute atomic E-state index is 5.78. The van der Waals surface area contributed by atoms with Crippen molar-refractivity contribution in [3.05, 3.63) is 77.9 Å². The van der Waals surface area contributed by atoms with Crippen LogP contribution in [-0.2, 0) is 13.1 Å². The Kier molecular flexibility index (Phi) is 5.12. The molecule has 1 aliphatic rings. The third-order valence-electron chi connectivity index (χ3n) is 5.22. The summed E-state index contributed by atoms with van der Waals surface area (Å²) < 4.78 is 13.7. The first kappa shape index (κ1) is 17.6. The molecule has 0 amide bonds. The lowest BCUT2D eigenvalue weighted by atomic mass is 9.99. The first-order valence-corrected chi connectivity index (χ1v) is 9.30. The van der Waals surface area contributed by atoms with E-state index in [0.717, 1.165) is 43.1 Å². The van der Waals surface area contributed by atoms with Gasteiger partial charge in [-0.2, -0.15) is 0 Å². The fourth-order valence-corrected chi connectivity index (χ4v) is 4.02. The zero-order valence-electron chi connectivity index (χ0n) is 15.8. The van der Waals surface area contributed by atoms with Crippen molar-refractivity contribution in [1.29, 1.82) is 0 Å². The Morgan fingerprint density at radius 2 is 1.85 bits per heavy atom. The van der Waals surface area contributed by atoms with Crippen molar-refractivity contribution in [3.63, 3.8) is 0 Å². The molecule has 1 aromatic carbocycles. The molecule has 3 heterocycles. The first-order valence-electron chi connectivity index (χ1n) is 9.30. The van der Waals surface area contributed by atoms with Gasteiger partial charge in [-0.25, -0.2) is 0 Å². The third-order valence-corrected chi connectivity index (χ3v) is 5.22. The van der Waals surface area contributed by atoms with Gasteiger partial charge < -0.3 is 14.0 Å². The van der Waals surface area contributed by atoms with E-state index in [0.29, 0.717) is 0 Å². The number of para-hydroxylation sites is 1. The normalized spacial score (nSPS) is 17.2. The number of methoxy groups -OCH3 is 2. The SMILES string of the molecule is COc1cccc(C2c3cccn3CCCN2Cc2ccncc2)c1OC. The molecule has 0 fully saturated rings. The number of aryl methyl sites for hydroxylation is 1. The molecule has 4 rings (SSSR count). The average molecular weight is 363 g/mol. The number of pyridine rings is 1. The van der Waals surface area contributed by atoms with Gasteiger partial charge in [0, 0.05) is 49.5 Å². The van der Waals surface area contributed by atoms with Gasteiger partial charge in [0.05, 0.1) is 20.3 Å². The zero-order valence-corrected chi connectivity index (χ0v) is 15.8. The number of ether oxygens (including phenoxy) is 2. The molecule has 1 unspecified atom stereocenters. The number of aromatic nitrogens is 2.